The number of carboxylic acids is 1. The molecule has 0 heterocycles. The van der Waals surface area contributed by atoms with E-state index in [1.54, 1.807) is 6.92 Å². The van der Waals surface area contributed by atoms with E-state index in [4.69, 9.17) is 5.11 Å². The van der Waals surface area contributed by atoms with Crippen LogP contribution >= 0.6 is 0 Å². The van der Waals surface area contributed by atoms with Crippen molar-refractivity contribution in [3.8, 4) is 0 Å². The van der Waals surface area contributed by atoms with Crippen LogP contribution in [0.4, 0.5) is 4.79 Å². The fourth-order valence-electron chi connectivity index (χ4n) is 1.22. The Bertz CT molecular complexity index is 462. The van der Waals surface area contributed by atoms with Crippen LogP contribution in [0.5, 0.6) is 0 Å². The van der Waals surface area contributed by atoms with Crippen molar-refractivity contribution in [2.75, 3.05) is 30.1 Å². The number of aliphatic carboxylic acids is 1. The van der Waals surface area contributed by atoms with Crippen molar-refractivity contribution in [1.29, 1.82) is 0 Å². The summed E-state index contributed by atoms with van der Waals surface area (Å²) < 4.78 is 33.1. The SMILES string of the molecule is CCS(=O)CCNC(=O)NC(CCS(C)(=O)=O)C(=O)O. The smallest absolute Gasteiger partial charge is 0.326 e. The van der Waals surface area contributed by atoms with Crippen molar-refractivity contribution in [2.45, 2.75) is 19.4 Å². The van der Waals surface area contributed by atoms with Crippen LogP contribution in [0.25, 0.3) is 0 Å². The van der Waals surface area contributed by atoms with Gasteiger partial charge in [0.05, 0.1) is 5.75 Å². The Morgan fingerprint density at radius 1 is 1.35 bits per heavy atom. The number of carboxylic acid groups (broad SMARTS) is 1. The maximum atomic E-state index is 11.4. The van der Waals surface area contributed by atoms with Gasteiger partial charge in [0.25, 0.3) is 0 Å². The molecule has 0 spiro atoms. The van der Waals surface area contributed by atoms with E-state index < -0.39 is 38.7 Å². The van der Waals surface area contributed by atoms with Crippen molar-refractivity contribution in [1.82, 2.24) is 10.6 Å². The molecule has 0 radical (unpaired) electrons. The third-order valence-electron chi connectivity index (χ3n) is 2.32. The number of carbonyl (C=O) groups is 2. The second kappa shape index (κ2) is 8.90. The summed E-state index contributed by atoms with van der Waals surface area (Å²) in [6.07, 6.45) is 0.786. The molecule has 20 heavy (non-hydrogen) atoms. The molecule has 0 rings (SSSR count). The quantitative estimate of drug-likeness (QED) is 0.495. The topological polar surface area (TPSA) is 130 Å². The molecular weight excluding hydrogens is 308 g/mol. The molecule has 0 bridgehead atoms. The molecule has 0 aliphatic carbocycles. The number of nitrogens with one attached hydrogen (secondary N) is 2. The van der Waals surface area contributed by atoms with Gasteiger partial charge in [0.15, 0.2) is 0 Å². The summed E-state index contributed by atoms with van der Waals surface area (Å²) in [6.45, 7) is 1.91. The number of urea groups is 1. The molecule has 3 N–H and O–H groups in total. The summed E-state index contributed by atoms with van der Waals surface area (Å²) in [5.41, 5.74) is 0. The van der Waals surface area contributed by atoms with E-state index in [0.29, 0.717) is 5.75 Å². The first kappa shape index (κ1) is 18.8. The van der Waals surface area contributed by atoms with Gasteiger partial charge in [0.2, 0.25) is 0 Å². The highest BCUT2D eigenvalue weighted by Gasteiger charge is 2.21. The lowest BCUT2D eigenvalue weighted by Gasteiger charge is -2.14. The molecule has 0 fully saturated rings. The van der Waals surface area contributed by atoms with Gasteiger partial charge < -0.3 is 15.7 Å². The van der Waals surface area contributed by atoms with E-state index in [0.717, 1.165) is 6.26 Å². The molecule has 10 heteroatoms. The molecule has 0 aromatic carbocycles. The normalized spacial score (nSPS) is 14.3. The minimum absolute atomic E-state index is 0.157. The molecule has 0 saturated heterocycles. The van der Waals surface area contributed by atoms with E-state index >= 15 is 0 Å². The number of carbonyl (C=O) groups excluding carboxylic acids is 1. The fourth-order valence-corrected chi connectivity index (χ4v) is 2.50. The average Bonchev–Trinajstić information content (AvgIpc) is 2.32. The van der Waals surface area contributed by atoms with E-state index in [1.807, 2.05) is 0 Å². The van der Waals surface area contributed by atoms with Crippen LogP contribution in [0.15, 0.2) is 0 Å². The van der Waals surface area contributed by atoms with Gasteiger partial charge >= 0.3 is 12.0 Å². The highest BCUT2D eigenvalue weighted by molar-refractivity contribution is 7.90. The third kappa shape index (κ3) is 9.73. The fraction of sp³-hybridized carbons (Fsp3) is 0.800. The summed E-state index contributed by atoms with van der Waals surface area (Å²) in [7, 11) is -4.31. The van der Waals surface area contributed by atoms with Crippen molar-refractivity contribution in [2.24, 2.45) is 0 Å². The van der Waals surface area contributed by atoms with Gasteiger partial charge in [-0.05, 0) is 6.42 Å². The van der Waals surface area contributed by atoms with Gasteiger partial charge in [-0.1, -0.05) is 6.92 Å². The average molecular weight is 328 g/mol. The molecule has 2 amide bonds. The second-order valence-electron chi connectivity index (χ2n) is 4.14. The summed E-state index contributed by atoms with van der Waals surface area (Å²) in [5, 5.41) is 13.4. The molecule has 0 aromatic rings. The number of hydrogen-bond acceptors (Lipinski definition) is 5. The van der Waals surface area contributed by atoms with Gasteiger partial charge in [0, 0.05) is 35.1 Å². The van der Waals surface area contributed by atoms with Crippen molar-refractivity contribution in [3.05, 3.63) is 0 Å². The van der Waals surface area contributed by atoms with Crippen LogP contribution in [-0.4, -0.2) is 65.8 Å². The predicted molar refractivity (Wildman–Crippen MR) is 75.8 cm³/mol. The van der Waals surface area contributed by atoms with E-state index in [-0.39, 0.29) is 24.5 Å². The molecule has 0 aromatic heterocycles. The zero-order valence-electron chi connectivity index (χ0n) is 11.4. The molecule has 2 unspecified atom stereocenters. The van der Waals surface area contributed by atoms with Gasteiger partial charge in [-0.25, -0.2) is 18.0 Å². The molecule has 0 aliphatic heterocycles. The van der Waals surface area contributed by atoms with Gasteiger partial charge in [-0.15, -0.1) is 0 Å². The zero-order valence-corrected chi connectivity index (χ0v) is 13.1. The van der Waals surface area contributed by atoms with Crippen LogP contribution in [0, 0.1) is 0 Å². The Hall–Kier alpha value is -1.16. The number of hydrogen-bond donors (Lipinski definition) is 3. The minimum atomic E-state index is -3.30. The van der Waals surface area contributed by atoms with Crippen LogP contribution in [-0.2, 0) is 25.4 Å². The Labute approximate surface area is 120 Å². The Morgan fingerprint density at radius 2 is 1.95 bits per heavy atom. The summed E-state index contributed by atoms with van der Waals surface area (Å²) in [5.74, 6) is -0.870. The second-order valence-corrected chi connectivity index (χ2v) is 8.27. The molecule has 118 valence electrons. The summed E-state index contributed by atoms with van der Waals surface area (Å²) in [4.78, 5) is 22.3. The Kier molecular flexibility index (Phi) is 8.39. The third-order valence-corrected chi connectivity index (χ3v) is 4.60. The zero-order chi connectivity index (χ0) is 15.8. The predicted octanol–water partition coefficient (Wildman–Crippen LogP) is -1.06. The maximum Gasteiger partial charge on any atom is 0.326 e. The van der Waals surface area contributed by atoms with Gasteiger partial charge in [0.1, 0.15) is 15.9 Å². The highest BCUT2D eigenvalue weighted by Crippen LogP contribution is 1.97. The first-order valence-corrected chi connectivity index (χ1v) is 9.50. The summed E-state index contributed by atoms with van der Waals surface area (Å²) in [6, 6.07) is -2.00. The van der Waals surface area contributed by atoms with E-state index in [9.17, 15) is 22.2 Å². The lowest BCUT2D eigenvalue weighted by Crippen LogP contribution is -2.47. The standard InChI is InChI=1S/C10H20N2O6S2/c1-3-19(16)6-5-11-10(15)12-8(9(13)14)4-7-20(2,17)18/h8H,3-7H2,1-2H3,(H,13,14)(H2,11,12,15). The first-order valence-electron chi connectivity index (χ1n) is 5.95. The van der Waals surface area contributed by atoms with Crippen LogP contribution < -0.4 is 10.6 Å². The molecule has 0 aliphatic rings. The van der Waals surface area contributed by atoms with Crippen molar-refractivity contribution < 1.29 is 27.3 Å². The van der Waals surface area contributed by atoms with Gasteiger partial charge in [-0.2, -0.15) is 0 Å². The van der Waals surface area contributed by atoms with E-state index in [1.165, 1.54) is 0 Å². The lowest BCUT2D eigenvalue weighted by molar-refractivity contribution is -0.139. The molecule has 8 nitrogen and oxygen atoms in total. The van der Waals surface area contributed by atoms with E-state index in [2.05, 4.69) is 10.6 Å². The first-order chi connectivity index (χ1) is 9.15. The largest absolute Gasteiger partial charge is 0.480 e. The van der Waals surface area contributed by atoms with Crippen LogP contribution in [0.2, 0.25) is 0 Å². The van der Waals surface area contributed by atoms with Crippen LogP contribution in [0.1, 0.15) is 13.3 Å². The number of rotatable bonds is 9. The molecule has 2 atom stereocenters. The maximum absolute atomic E-state index is 11.4. The van der Waals surface area contributed by atoms with Crippen molar-refractivity contribution >= 4 is 32.6 Å². The van der Waals surface area contributed by atoms with Gasteiger partial charge in [-0.3, -0.25) is 4.21 Å². The minimum Gasteiger partial charge on any atom is -0.480 e. The lowest BCUT2D eigenvalue weighted by atomic mass is 10.2. The molecular formula is C10H20N2O6S2. The molecule has 0 saturated carbocycles. The number of sulfone groups is 1. The monoisotopic (exact) mass is 328 g/mol. The Balaban J connectivity index is 4.21. The number of amides is 2. The van der Waals surface area contributed by atoms with Crippen LogP contribution in [0.3, 0.4) is 0 Å². The van der Waals surface area contributed by atoms with Crippen molar-refractivity contribution in [3.63, 3.8) is 0 Å². The highest BCUT2D eigenvalue weighted by atomic mass is 32.2. The Morgan fingerprint density at radius 3 is 2.40 bits per heavy atom. The summed E-state index contributed by atoms with van der Waals surface area (Å²) >= 11 is 0.